The summed E-state index contributed by atoms with van der Waals surface area (Å²) in [5.74, 6) is 0. The molecule has 1 N–H and O–H groups in total. The Kier molecular flexibility index (Phi) is 3.21. The molecule has 5 nitrogen and oxygen atoms in total. The van der Waals surface area contributed by atoms with Crippen molar-refractivity contribution in [2.75, 3.05) is 13.1 Å². The molecule has 19 heavy (non-hydrogen) atoms. The second kappa shape index (κ2) is 5.01. The van der Waals surface area contributed by atoms with Crippen molar-refractivity contribution < 1.29 is 4.79 Å². The summed E-state index contributed by atoms with van der Waals surface area (Å²) in [5.41, 5.74) is 1.71. The number of nitrogens with one attached hydrogen (secondary N) is 1. The van der Waals surface area contributed by atoms with E-state index in [9.17, 15) is 9.59 Å². The first-order valence-electron chi connectivity index (χ1n) is 6.67. The zero-order chi connectivity index (χ0) is 13.2. The van der Waals surface area contributed by atoms with E-state index < -0.39 is 0 Å². The SMILES string of the molecule is O=CCn1c(=O)n(C2CCNCC2)c2ccccc21. The fraction of sp³-hybridized carbons (Fsp3) is 0.429. The average Bonchev–Trinajstić information content (AvgIpc) is 2.73. The van der Waals surface area contributed by atoms with Crippen LogP contribution in [0.15, 0.2) is 29.1 Å². The van der Waals surface area contributed by atoms with Gasteiger partial charge in [0.15, 0.2) is 0 Å². The smallest absolute Gasteiger partial charge is 0.317 e. The van der Waals surface area contributed by atoms with Crippen molar-refractivity contribution in [3.05, 3.63) is 34.7 Å². The highest BCUT2D eigenvalue weighted by molar-refractivity contribution is 5.77. The van der Waals surface area contributed by atoms with E-state index in [1.807, 2.05) is 28.8 Å². The van der Waals surface area contributed by atoms with Crippen LogP contribution in [0.5, 0.6) is 0 Å². The first-order chi connectivity index (χ1) is 9.33. The molecule has 1 aliphatic heterocycles. The monoisotopic (exact) mass is 259 g/mol. The van der Waals surface area contributed by atoms with Crippen LogP contribution in [0.3, 0.4) is 0 Å². The molecule has 2 heterocycles. The van der Waals surface area contributed by atoms with Crippen LogP contribution >= 0.6 is 0 Å². The molecule has 5 heteroatoms. The number of benzene rings is 1. The molecular formula is C14H17N3O2. The normalized spacial score (nSPS) is 16.8. The van der Waals surface area contributed by atoms with Gasteiger partial charge in [0.25, 0.3) is 0 Å². The second-order valence-electron chi connectivity index (χ2n) is 4.90. The third-order valence-corrected chi connectivity index (χ3v) is 3.80. The lowest BCUT2D eigenvalue weighted by molar-refractivity contribution is -0.108. The third kappa shape index (κ3) is 2.00. The Hall–Kier alpha value is -1.88. The van der Waals surface area contributed by atoms with E-state index in [1.165, 1.54) is 0 Å². The van der Waals surface area contributed by atoms with Gasteiger partial charge in [-0.3, -0.25) is 9.13 Å². The van der Waals surface area contributed by atoms with E-state index >= 15 is 0 Å². The summed E-state index contributed by atoms with van der Waals surface area (Å²) < 4.78 is 3.42. The van der Waals surface area contributed by atoms with Gasteiger partial charge in [-0.15, -0.1) is 0 Å². The third-order valence-electron chi connectivity index (χ3n) is 3.80. The zero-order valence-electron chi connectivity index (χ0n) is 10.7. The highest BCUT2D eigenvalue weighted by atomic mass is 16.2. The number of aromatic nitrogens is 2. The standard InChI is InChI=1S/C14H17N3O2/c18-10-9-16-12-3-1-2-4-13(12)17(14(16)19)11-5-7-15-8-6-11/h1-4,10-11,15H,5-9H2. The Balaban J connectivity index is 2.20. The molecule has 0 saturated carbocycles. The van der Waals surface area contributed by atoms with Gasteiger partial charge >= 0.3 is 5.69 Å². The molecule has 1 aliphatic rings. The van der Waals surface area contributed by atoms with Crippen LogP contribution in [0.1, 0.15) is 18.9 Å². The van der Waals surface area contributed by atoms with E-state index in [-0.39, 0.29) is 18.3 Å². The Morgan fingerprint density at radius 1 is 1.21 bits per heavy atom. The molecule has 1 aromatic heterocycles. The van der Waals surface area contributed by atoms with Crippen molar-refractivity contribution >= 4 is 17.3 Å². The summed E-state index contributed by atoms with van der Waals surface area (Å²) in [7, 11) is 0. The van der Waals surface area contributed by atoms with Crippen molar-refractivity contribution in [2.45, 2.75) is 25.4 Å². The minimum atomic E-state index is -0.0693. The fourth-order valence-corrected chi connectivity index (χ4v) is 2.90. The molecule has 3 rings (SSSR count). The van der Waals surface area contributed by atoms with Crippen LogP contribution in [-0.4, -0.2) is 28.5 Å². The molecule has 0 bridgehead atoms. The maximum absolute atomic E-state index is 12.5. The molecule has 0 radical (unpaired) electrons. The topological polar surface area (TPSA) is 56.0 Å². The van der Waals surface area contributed by atoms with Gasteiger partial charge in [0, 0.05) is 6.04 Å². The number of nitrogens with zero attached hydrogens (tertiary/aromatic N) is 2. The quantitative estimate of drug-likeness (QED) is 0.834. The highest BCUT2D eigenvalue weighted by Gasteiger charge is 2.21. The summed E-state index contributed by atoms with van der Waals surface area (Å²) in [5, 5.41) is 3.31. The lowest BCUT2D eigenvalue weighted by atomic mass is 10.1. The number of carbonyl (C=O) groups excluding carboxylic acids is 1. The number of carbonyl (C=O) groups is 1. The van der Waals surface area contributed by atoms with Crippen LogP contribution in [0, 0.1) is 0 Å². The average molecular weight is 259 g/mol. The second-order valence-corrected chi connectivity index (χ2v) is 4.90. The van der Waals surface area contributed by atoms with E-state index in [4.69, 9.17) is 0 Å². The molecule has 2 aromatic rings. The minimum absolute atomic E-state index is 0.0693. The number of piperidine rings is 1. The van der Waals surface area contributed by atoms with Gasteiger partial charge in [-0.25, -0.2) is 4.79 Å². The molecule has 0 unspecified atom stereocenters. The maximum atomic E-state index is 12.5. The van der Waals surface area contributed by atoms with Crippen molar-refractivity contribution in [3.63, 3.8) is 0 Å². The molecule has 100 valence electrons. The highest BCUT2D eigenvalue weighted by Crippen LogP contribution is 2.22. The van der Waals surface area contributed by atoms with Gasteiger partial charge in [0.05, 0.1) is 17.6 Å². The van der Waals surface area contributed by atoms with Crippen molar-refractivity contribution in [3.8, 4) is 0 Å². The molecule has 0 aliphatic carbocycles. The number of hydrogen-bond donors (Lipinski definition) is 1. The van der Waals surface area contributed by atoms with Crippen molar-refractivity contribution in [1.29, 1.82) is 0 Å². The number of hydrogen-bond acceptors (Lipinski definition) is 3. The maximum Gasteiger partial charge on any atom is 0.329 e. The van der Waals surface area contributed by atoms with E-state index in [0.29, 0.717) is 0 Å². The van der Waals surface area contributed by atoms with Crippen LogP contribution in [0.2, 0.25) is 0 Å². The molecule has 1 fully saturated rings. The zero-order valence-corrected chi connectivity index (χ0v) is 10.7. The lowest BCUT2D eigenvalue weighted by Crippen LogP contribution is -2.35. The predicted octanol–water partition coefficient (Wildman–Crippen LogP) is 0.926. The van der Waals surface area contributed by atoms with Crippen LogP contribution < -0.4 is 11.0 Å². The van der Waals surface area contributed by atoms with Gasteiger partial charge in [0.2, 0.25) is 0 Å². The molecule has 0 amide bonds. The first kappa shape index (κ1) is 12.2. The van der Waals surface area contributed by atoms with Gasteiger partial charge < -0.3 is 10.1 Å². The van der Waals surface area contributed by atoms with Gasteiger partial charge in [-0.05, 0) is 38.1 Å². The van der Waals surface area contributed by atoms with Crippen molar-refractivity contribution in [2.24, 2.45) is 0 Å². The Labute approximate surface area is 110 Å². The molecule has 0 spiro atoms. The number of para-hydroxylation sites is 2. The number of rotatable bonds is 3. The van der Waals surface area contributed by atoms with Crippen LogP contribution in [0.4, 0.5) is 0 Å². The largest absolute Gasteiger partial charge is 0.329 e. The Morgan fingerprint density at radius 3 is 2.58 bits per heavy atom. The van der Waals surface area contributed by atoms with Gasteiger partial charge in [-0.2, -0.15) is 0 Å². The molecule has 0 atom stereocenters. The molecular weight excluding hydrogens is 242 g/mol. The fourth-order valence-electron chi connectivity index (χ4n) is 2.90. The summed E-state index contributed by atoms with van der Waals surface area (Å²) in [6.45, 7) is 1.99. The summed E-state index contributed by atoms with van der Waals surface area (Å²) in [4.78, 5) is 23.3. The molecule has 1 aromatic carbocycles. The van der Waals surface area contributed by atoms with Crippen LogP contribution in [0.25, 0.3) is 11.0 Å². The molecule has 1 saturated heterocycles. The summed E-state index contributed by atoms with van der Waals surface area (Å²) in [6, 6.07) is 7.92. The predicted molar refractivity (Wildman–Crippen MR) is 73.4 cm³/mol. The van der Waals surface area contributed by atoms with Gasteiger partial charge in [-0.1, -0.05) is 12.1 Å². The summed E-state index contributed by atoms with van der Waals surface area (Å²) in [6.07, 6.45) is 2.69. The van der Waals surface area contributed by atoms with Crippen molar-refractivity contribution in [1.82, 2.24) is 14.5 Å². The Morgan fingerprint density at radius 2 is 1.89 bits per heavy atom. The number of aldehydes is 1. The van der Waals surface area contributed by atoms with E-state index in [1.54, 1.807) is 4.57 Å². The number of fused-ring (bicyclic) bond motifs is 1. The van der Waals surface area contributed by atoms with Crippen LogP contribution in [-0.2, 0) is 11.3 Å². The number of imidazole rings is 1. The van der Waals surface area contributed by atoms with Gasteiger partial charge in [0.1, 0.15) is 6.29 Å². The Bertz CT molecular complexity index is 650. The van der Waals surface area contributed by atoms with E-state index in [2.05, 4.69) is 5.32 Å². The lowest BCUT2D eigenvalue weighted by Gasteiger charge is -2.23. The first-order valence-corrected chi connectivity index (χ1v) is 6.67. The minimum Gasteiger partial charge on any atom is -0.317 e. The summed E-state index contributed by atoms with van der Waals surface area (Å²) >= 11 is 0. The van der Waals surface area contributed by atoms with E-state index in [0.717, 1.165) is 43.3 Å².